The fourth-order valence-corrected chi connectivity index (χ4v) is 3.62. The summed E-state index contributed by atoms with van der Waals surface area (Å²) in [6.45, 7) is 2.09. The first kappa shape index (κ1) is 13.4. The Morgan fingerprint density at radius 1 is 1.14 bits per heavy atom. The Morgan fingerprint density at radius 3 is 2.95 bits per heavy atom. The van der Waals surface area contributed by atoms with Crippen LogP contribution >= 0.6 is 0 Å². The lowest BCUT2D eigenvalue weighted by Gasteiger charge is -2.16. The summed E-state index contributed by atoms with van der Waals surface area (Å²) >= 11 is 0. The predicted molar refractivity (Wildman–Crippen MR) is 88.7 cm³/mol. The van der Waals surface area contributed by atoms with E-state index in [4.69, 9.17) is 0 Å². The molecular weight excluding hydrogens is 274 g/mol. The molecule has 22 heavy (non-hydrogen) atoms. The number of rotatable bonds is 2. The normalized spacial score (nSPS) is 16.3. The smallest absolute Gasteiger partial charge is 0.257 e. The molecule has 0 saturated carbocycles. The standard InChI is InChI=1S/C18H21N3O/c1-20-10-7-13-12-14(5-6-16(13)20)19-18(22)15-8-11-21-9-3-2-4-17(15)21/h5-6,8,11-12H,2-4,7,9-10H2,1H3,(H,19,22). The molecule has 4 nitrogen and oxygen atoms in total. The maximum atomic E-state index is 12.6. The Balaban J connectivity index is 1.56. The summed E-state index contributed by atoms with van der Waals surface area (Å²) in [5, 5.41) is 3.07. The number of fused-ring (bicyclic) bond motifs is 2. The molecule has 4 heteroatoms. The van der Waals surface area contributed by atoms with E-state index >= 15 is 0 Å². The van der Waals surface area contributed by atoms with Gasteiger partial charge < -0.3 is 14.8 Å². The maximum absolute atomic E-state index is 12.6. The number of aryl methyl sites for hydroxylation is 1. The van der Waals surface area contributed by atoms with Crippen LogP contribution in [0.15, 0.2) is 30.5 Å². The summed E-state index contributed by atoms with van der Waals surface area (Å²) in [4.78, 5) is 14.8. The minimum absolute atomic E-state index is 0.0157. The van der Waals surface area contributed by atoms with E-state index < -0.39 is 0 Å². The summed E-state index contributed by atoms with van der Waals surface area (Å²) in [6.07, 6.45) is 6.49. The van der Waals surface area contributed by atoms with Crippen LogP contribution < -0.4 is 10.2 Å². The minimum Gasteiger partial charge on any atom is -0.374 e. The van der Waals surface area contributed by atoms with Gasteiger partial charge >= 0.3 is 0 Å². The summed E-state index contributed by atoms with van der Waals surface area (Å²) in [5.74, 6) is 0.0157. The molecule has 0 atom stereocenters. The molecule has 0 unspecified atom stereocenters. The first-order valence-electron chi connectivity index (χ1n) is 8.06. The summed E-state index contributed by atoms with van der Waals surface area (Å²) in [6, 6.07) is 8.17. The van der Waals surface area contributed by atoms with Crippen LogP contribution in [0.2, 0.25) is 0 Å². The highest BCUT2D eigenvalue weighted by Crippen LogP contribution is 2.29. The third-order valence-electron chi connectivity index (χ3n) is 4.85. The molecule has 2 aromatic rings. The Morgan fingerprint density at radius 2 is 2.05 bits per heavy atom. The number of benzene rings is 1. The topological polar surface area (TPSA) is 37.3 Å². The van der Waals surface area contributed by atoms with E-state index in [0.717, 1.165) is 37.2 Å². The second kappa shape index (κ2) is 5.20. The number of hydrogen-bond donors (Lipinski definition) is 1. The van der Waals surface area contributed by atoms with Crippen molar-refractivity contribution in [1.29, 1.82) is 0 Å². The van der Waals surface area contributed by atoms with Gasteiger partial charge in [-0.25, -0.2) is 0 Å². The number of nitrogens with zero attached hydrogens (tertiary/aromatic N) is 2. The number of hydrogen-bond acceptors (Lipinski definition) is 2. The van der Waals surface area contributed by atoms with E-state index in [0.29, 0.717) is 0 Å². The molecule has 1 N–H and O–H groups in total. The molecule has 0 spiro atoms. The van der Waals surface area contributed by atoms with Gasteiger partial charge in [-0.1, -0.05) is 0 Å². The Hall–Kier alpha value is -2.23. The van der Waals surface area contributed by atoms with Crippen molar-refractivity contribution < 1.29 is 4.79 Å². The molecule has 2 aliphatic rings. The van der Waals surface area contributed by atoms with Gasteiger partial charge in [0.1, 0.15) is 0 Å². The fourth-order valence-electron chi connectivity index (χ4n) is 3.62. The average molecular weight is 295 g/mol. The highest BCUT2D eigenvalue weighted by molar-refractivity contribution is 6.05. The second-order valence-corrected chi connectivity index (χ2v) is 6.30. The van der Waals surface area contributed by atoms with Crippen molar-refractivity contribution in [3.05, 3.63) is 47.3 Å². The average Bonchev–Trinajstić information content (AvgIpc) is 3.11. The van der Waals surface area contributed by atoms with E-state index in [2.05, 4.69) is 34.0 Å². The van der Waals surface area contributed by atoms with Crippen LogP contribution in [0.4, 0.5) is 11.4 Å². The summed E-state index contributed by atoms with van der Waals surface area (Å²) in [5.41, 5.74) is 5.51. The molecule has 0 aliphatic carbocycles. The third-order valence-corrected chi connectivity index (χ3v) is 4.85. The van der Waals surface area contributed by atoms with Crippen molar-refractivity contribution in [2.75, 3.05) is 23.8 Å². The number of nitrogens with one attached hydrogen (secondary N) is 1. The zero-order valence-corrected chi connectivity index (χ0v) is 12.9. The van der Waals surface area contributed by atoms with Gasteiger partial charge in [0.15, 0.2) is 0 Å². The maximum Gasteiger partial charge on any atom is 0.257 e. The predicted octanol–water partition coefficient (Wildman–Crippen LogP) is 3.07. The van der Waals surface area contributed by atoms with Crippen LogP contribution in [0.3, 0.4) is 0 Å². The first-order chi connectivity index (χ1) is 10.7. The monoisotopic (exact) mass is 295 g/mol. The molecule has 1 aromatic heterocycles. The van der Waals surface area contributed by atoms with Gasteiger partial charge in [-0.2, -0.15) is 0 Å². The van der Waals surface area contributed by atoms with Gasteiger partial charge in [-0.15, -0.1) is 0 Å². The molecule has 4 rings (SSSR count). The molecule has 0 saturated heterocycles. The van der Waals surface area contributed by atoms with E-state index in [1.165, 1.54) is 29.8 Å². The SMILES string of the molecule is CN1CCc2cc(NC(=O)c3ccn4c3CCCC4)ccc21. The van der Waals surface area contributed by atoms with Crippen LogP contribution in [0.25, 0.3) is 0 Å². The lowest BCUT2D eigenvalue weighted by Crippen LogP contribution is -2.17. The third kappa shape index (κ3) is 2.19. The van der Waals surface area contributed by atoms with Crippen LogP contribution in [0, 0.1) is 0 Å². The highest BCUT2D eigenvalue weighted by atomic mass is 16.1. The van der Waals surface area contributed by atoms with Gasteiger partial charge in [0, 0.05) is 43.4 Å². The summed E-state index contributed by atoms with van der Waals surface area (Å²) in [7, 11) is 2.11. The van der Waals surface area contributed by atoms with E-state index in [1.54, 1.807) is 0 Å². The molecular formula is C18H21N3O. The lowest BCUT2D eigenvalue weighted by atomic mass is 10.1. The van der Waals surface area contributed by atoms with Gasteiger partial charge in [0.25, 0.3) is 5.91 Å². The van der Waals surface area contributed by atoms with Gasteiger partial charge in [0.2, 0.25) is 0 Å². The highest BCUT2D eigenvalue weighted by Gasteiger charge is 2.20. The lowest BCUT2D eigenvalue weighted by molar-refractivity contribution is 0.102. The van der Waals surface area contributed by atoms with Crippen molar-refractivity contribution in [3.8, 4) is 0 Å². The van der Waals surface area contributed by atoms with E-state index in [1.807, 2.05) is 18.3 Å². The van der Waals surface area contributed by atoms with E-state index in [-0.39, 0.29) is 5.91 Å². The van der Waals surface area contributed by atoms with Gasteiger partial charge in [-0.3, -0.25) is 4.79 Å². The number of likely N-dealkylation sites (N-methyl/N-ethyl adjacent to an activating group) is 1. The molecule has 0 radical (unpaired) electrons. The minimum atomic E-state index is 0.0157. The first-order valence-corrected chi connectivity index (χ1v) is 8.06. The van der Waals surface area contributed by atoms with Crippen LogP contribution in [-0.4, -0.2) is 24.1 Å². The number of amides is 1. The van der Waals surface area contributed by atoms with E-state index in [9.17, 15) is 4.79 Å². The number of carbonyl (C=O) groups is 1. The Bertz CT molecular complexity index is 732. The molecule has 0 bridgehead atoms. The quantitative estimate of drug-likeness (QED) is 0.924. The molecule has 2 aliphatic heterocycles. The molecule has 1 amide bonds. The number of aromatic nitrogens is 1. The number of carbonyl (C=O) groups excluding carboxylic acids is 1. The van der Waals surface area contributed by atoms with Crippen molar-refractivity contribution >= 4 is 17.3 Å². The molecule has 3 heterocycles. The fraction of sp³-hybridized carbons (Fsp3) is 0.389. The number of anilines is 2. The Kier molecular flexibility index (Phi) is 3.17. The zero-order chi connectivity index (χ0) is 15.1. The largest absolute Gasteiger partial charge is 0.374 e. The molecule has 114 valence electrons. The van der Waals surface area contributed by atoms with Crippen molar-refractivity contribution in [2.24, 2.45) is 0 Å². The second-order valence-electron chi connectivity index (χ2n) is 6.30. The van der Waals surface area contributed by atoms with Crippen molar-refractivity contribution in [1.82, 2.24) is 4.57 Å². The van der Waals surface area contributed by atoms with Crippen LogP contribution in [-0.2, 0) is 19.4 Å². The van der Waals surface area contributed by atoms with Gasteiger partial charge in [-0.05, 0) is 55.5 Å². The van der Waals surface area contributed by atoms with Crippen molar-refractivity contribution in [3.63, 3.8) is 0 Å². The van der Waals surface area contributed by atoms with Gasteiger partial charge in [0.05, 0.1) is 5.56 Å². The van der Waals surface area contributed by atoms with Crippen LogP contribution in [0.1, 0.15) is 34.5 Å². The van der Waals surface area contributed by atoms with Crippen LogP contribution in [0.5, 0.6) is 0 Å². The zero-order valence-electron chi connectivity index (χ0n) is 12.9. The molecule has 0 fully saturated rings. The molecule has 1 aromatic carbocycles. The summed E-state index contributed by atoms with van der Waals surface area (Å²) < 4.78 is 2.22. The van der Waals surface area contributed by atoms with Crippen molar-refractivity contribution in [2.45, 2.75) is 32.2 Å². The Labute approximate surface area is 130 Å².